The summed E-state index contributed by atoms with van der Waals surface area (Å²) in [5.74, 6) is 0.560. The van der Waals surface area contributed by atoms with Crippen molar-refractivity contribution in [3.05, 3.63) is 24.2 Å². The topological polar surface area (TPSA) is 33.4 Å². The summed E-state index contributed by atoms with van der Waals surface area (Å²) in [5, 5.41) is 9.52. The lowest BCUT2D eigenvalue weighted by molar-refractivity contribution is 0.151. The van der Waals surface area contributed by atoms with Gasteiger partial charge in [0.05, 0.1) is 18.6 Å². The Kier molecular flexibility index (Phi) is 1.70. The van der Waals surface area contributed by atoms with Gasteiger partial charge in [0, 0.05) is 6.42 Å². The van der Waals surface area contributed by atoms with Crippen LogP contribution in [0.25, 0.3) is 0 Å². The number of aliphatic hydroxyl groups is 1. The standard InChI is InChI=1S/C9H12O2/c10-9(8-1-2-8)5-7-3-4-11-6-7/h3-4,6,8-10H,1-2,5H2. The maximum absolute atomic E-state index is 9.52. The lowest BCUT2D eigenvalue weighted by Gasteiger charge is -2.05. The predicted octanol–water partition coefficient (Wildman–Crippen LogP) is 1.59. The normalized spacial score (nSPS) is 20.1. The Balaban J connectivity index is 1.89. The van der Waals surface area contributed by atoms with E-state index in [1.807, 2.05) is 6.07 Å². The minimum atomic E-state index is -0.146. The van der Waals surface area contributed by atoms with Crippen LogP contribution < -0.4 is 0 Å². The Bertz CT molecular complexity index is 211. The van der Waals surface area contributed by atoms with Crippen molar-refractivity contribution in [2.75, 3.05) is 0 Å². The summed E-state index contributed by atoms with van der Waals surface area (Å²) in [4.78, 5) is 0. The first-order valence-corrected chi connectivity index (χ1v) is 4.05. The van der Waals surface area contributed by atoms with Crippen LogP contribution in [-0.2, 0) is 6.42 Å². The molecule has 1 unspecified atom stereocenters. The Morgan fingerprint density at radius 3 is 3.00 bits per heavy atom. The van der Waals surface area contributed by atoms with Gasteiger partial charge in [-0.25, -0.2) is 0 Å². The molecule has 2 rings (SSSR count). The Morgan fingerprint density at radius 2 is 2.45 bits per heavy atom. The zero-order chi connectivity index (χ0) is 7.68. The molecule has 0 aliphatic heterocycles. The average molecular weight is 152 g/mol. The van der Waals surface area contributed by atoms with Gasteiger partial charge in [0.25, 0.3) is 0 Å². The minimum absolute atomic E-state index is 0.146. The van der Waals surface area contributed by atoms with E-state index in [-0.39, 0.29) is 6.10 Å². The van der Waals surface area contributed by atoms with Crippen LogP contribution in [0, 0.1) is 5.92 Å². The summed E-state index contributed by atoms with van der Waals surface area (Å²) in [6.07, 6.45) is 6.34. The molecule has 1 saturated carbocycles. The summed E-state index contributed by atoms with van der Waals surface area (Å²) < 4.78 is 4.90. The fraction of sp³-hybridized carbons (Fsp3) is 0.556. The third kappa shape index (κ3) is 1.63. The van der Waals surface area contributed by atoms with Crippen LogP contribution in [0.5, 0.6) is 0 Å². The Hall–Kier alpha value is -0.760. The van der Waals surface area contributed by atoms with Crippen molar-refractivity contribution in [3.63, 3.8) is 0 Å². The minimum Gasteiger partial charge on any atom is -0.472 e. The van der Waals surface area contributed by atoms with Crippen LogP contribution in [0.4, 0.5) is 0 Å². The molecule has 2 nitrogen and oxygen atoms in total. The van der Waals surface area contributed by atoms with E-state index in [1.54, 1.807) is 12.5 Å². The molecule has 1 fully saturated rings. The molecule has 2 heteroatoms. The van der Waals surface area contributed by atoms with Gasteiger partial charge in [-0.05, 0) is 30.4 Å². The van der Waals surface area contributed by atoms with Crippen LogP contribution in [0.3, 0.4) is 0 Å². The highest BCUT2D eigenvalue weighted by atomic mass is 16.3. The number of hydrogen-bond donors (Lipinski definition) is 1. The maximum atomic E-state index is 9.52. The van der Waals surface area contributed by atoms with Crippen molar-refractivity contribution in [2.24, 2.45) is 5.92 Å². The quantitative estimate of drug-likeness (QED) is 0.713. The van der Waals surface area contributed by atoms with Crippen LogP contribution in [-0.4, -0.2) is 11.2 Å². The molecule has 0 aromatic carbocycles. The summed E-state index contributed by atoms with van der Waals surface area (Å²) in [5.41, 5.74) is 1.10. The molecular formula is C9H12O2. The number of furan rings is 1. The van der Waals surface area contributed by atoms with Gasteiger partial charge in [0.1, 0.15) is 0 Å². The first-order valence-electron chi connectivity index (χ1n) is 4.05. The van der Waals surface area contributed by atoms with Crippen molar-refractivity contribution in [1.29, 1.82) is 0 Å². The highest BCUT2D eigenvalue weighted by Gasteiger charge is 2.29. The highest BCUT2D eigenvalue weighted by molar-refractivity contribution is 5.07. The molecule has 0 spiro atoms. The average Bonchev–Trinajstić information content (AvgIpc) is 2.73. The molecule has 1 aliphatic rings. The van der Waals surface area contributed by atoms with Crippen molar-refractivity contribution >= 4 is 0 Å². The van der Waals surface area contributed by atoms with Crippen molar-refractivity contribution in [3.8, 4) is 0 Å². The van der Waals surface area contributed by atoms with Gasteiger partial charge in [0.2, 0.25) is 0 Å². The van der Waals surface area contributed by atoms with Crippen molar-refractivity contribution in [2.45, 2.75) is 25.4 Å². The summed E-state index contributed by atoms with van der Waals surface area (Å²) in [6, 6.07) is 1.91. The zero-order valence-electron chi connectivity index (χ0n) is 6.36. The van der Waals surface area contributed by atoms with E-state index in [9.17, 15) is 5.11 Å². The van der Waals surface area contributed by atoms with Gasteiger partial charge in [-0.1, -0.05) is 0 Å². The predicted molar refractivity (Wildman–Crippen MR) is 41.1 cm³/mol. The first-order chi connectivity index (χ1) is 5.36. The van der Waals surface area contributed by atoms with Gasteiger partial charge in [-0.15, -0.1) is 0 Å². The molecule has 1 aliphatic carbocycles. The van der Waals surface area contributed by atoms with Crippen LogP contribution in [0.1, 0.15) is 18.4 Å². The van der Waals surface area contributed by atoms with Gasteiger partial charge in [-0.2, -0.15) is 0 Å². The molecular weight excluding hydrogens is 140 g/mol. The zero-order valence-corrected chi connectivity index (χ0v) is 6.36. The molecule has 1 aromatic heterocycles. The number of hydrogen-bond acceptors (Lipinski definition) is 2. The second kappa shape index (κ2) is 2.70. The molecule has 1 atom stereocenters. The molecule has 0 bridgehead atoms. The van der Waals surface area contributed by atoms with E-state index >= 15 is 0 Å². The Labute approximate surface area is 65.8 Å². The lowest BCUT2D eigenvalue weighted by Crippen LogP contribution is -2.11. The van der Waals surface area contributed by atoms with Gasteiger partial charge in [0.15, 0.2) is 0 Å². The molecule has 60 valence electrons. The van der Waals surface area contributed by atoms with Crippen LogP contribution in [0.15, 0.2) is 23.0 Å². The largest absolute Gasteiger partial charge is 0.472 e. The molecule has 1 aromatic rings. The SMILES string of the molecule is OC(Cc1ccoc1)C1CC1. The smallest absolute Gasteiger partial charge is 0.0935 e. The third-order valence-electron chi connectivity index (χ3n) is 2.19. The van der Waals surface area contributed by atoms with E-state index in [1.165, 1.54) is 12.8 Å². The molecule has 0 saturated heterocycles. The van der Waals surface area contributed by atoms with Gasteiger partial charge >= 0.3 is 0 Å². The molecule has 1 N–H and O–H groups in total. The fourth-order valence-electron chi connectivity index (χ4n) is 1.30. The van der Waals surface area contributed by atoms with Crippen molar-refractivity contribution < 1.29 is 9.52 Å². The van der Waals surface area contributed by atoms with Gasteiger partial charge in [-0.3, -0.25) is 0 Å². The lowest BCUT2D eigenvalue weighted by atomic mass is 10.1. The van der Waals surface area contributed by atoms with Crippen LogP contribution in [0.2, 0.25) is 0 Å². The molecule has 11 heavy (non-hydrogen) atoms. The monoisotopic (exact) mass is 152 g/mol. The molecule has 1 heterocycles. The number of aliphatic hydroxyl groups excluding tert-OH is 1. The second-order valence-corrected chi connectivity index (χ2v) is 3.24. The number of rotatable bonds is 3. The maximum Gasteiger partial charge on any atom is 0.0935 e. The first kappa shape index (κ1) is 6.92. The second-order valence-electron chi connectivity index (χ2n) is 3.24. The summed E-state index contributed by atoms with van der Waals surface area (Å²) >= 11 is 0. The summed E-state index contributed by atoms with van der Waals surface area (Å²) in [7, 11) is 0. The molecule has 0 radical (unpaired) electrons. The van der Waals surface area contributed by atoms with E-state index in [0.717, 1.165) is 12.0 Å². The molecule has 0 amide bonds. The van der Waals surface area contributed by atoms with E-state index in [0.29, 0.717) is 5.92 Å². The van der Waals surface area contributed by atoms with E-state index in [2.05, 4.69) is 0 Å². The summed E-state index contributed by atoms with van der Waals surface area (Å²) in [6.45, 7) is 0. The van der Waals surface area contributed by atoms with E-state index in [4.69, 9.17) is 4.42 Å². The Morgan fingerprint density at radius 1 is 1.64 bits per heavy atom. The van der Waals surface area contributed by atoms with Gasteiger partial charge < -0.3 is 9.52 Å². The fourth-order valence-corrected chi connectivity index (χ4v) is 1.30. The highest BCUT2D eigenvalue weighted by Crippen LogP contribution is 2.33. The third-order valence-corrected chi connectivity index (χ3v) is 2.19. The van der Waals surface area contributed by atoms with Crippen molar-refractivity contribution in [1.82, 2.24) is 0 Å². The van der Waals surface area contributed by atoms with E-state index < -0.39 is 0 Å². The van der Waals surface area contributed by atoms with Crippen LogP contribution >= 0.6 is 0 Å².